The summed E-state index contributed by atoms with van der Waals surface area (Å²) in [5, 5.41) is 2.96. The first-order valence-electron chi connectivity index (χ1n) is 13.2. The minimum Gasteiger partial charge on any atom is -0.497 e. The number of nitrogens with one attached hydrogen (secondary N) is 1. The second-order valence-electron chi connectivity index (χ2n) is 9.79. The van der Waals surface area contributed by atoms with E-state index in [1.807, 2.05) is 26.0 Å². The van der Waals surface area contributed by atoms with Crippen molar-refractivity contribution in [1.29, 1.82) is 0 Å². The number of sulfonamides is 1. The van der Waals surface area contributed by atoms with Gasteiger partial charge in [0.2, 0.25) is 5.91 Å². The lowest BCUT2D eigenvalue weighted by atomic mass is 10.1. The van der Waals surface area contributed by atoms with Crippen molar-refractivity contribution in [2.24, 2.45) is 0 Å². The van der Waals surface area contributed by atoms with Gasteiger partial charge in [0.15, 0.2) is 0 Å². The highest BCUT2D eigenvalue weighted by atomic mass is 32.2. The molecule has 1 unspecified atom stereocenters. The van der Waals surface area contributed by atoms with Crippen LogP contribution in [0.5, 0.6) is 11.5 Å². The van der Waals surface area contributed by atoms with Gasteiger partial charge in [0.25, 0.3) is 10.0 Å². The molecular weight excluding hydrogens is 514 g/mol. The molecule has 9 heteroatoms. The van der Waals surface area contributed by atoms with Crippen molar-refractivity contribution in [2.45, 2.75) is 44.0 Å². The van der Waals surface area contributed by atoms with E-state index in [1.54, 1.807) is 30.3 Å². The number of methoxy groups -OCH3 is 2. The van der Waals surface area contributed by atoms with Gasteiger partial charge < -0.3 is 19.7 Å². The molecule has 1 heterocycles. The Morgan fingerprint density at radius 2 is 1.62 bits per heavy atom. The molecule has 4 rings (SSSR count). The van der Waals surface area contributed by atoms with E-state index in [4.69, 9.17) is 9.47 Å². The maximum absolute atomic E-state index is 13.8. The van der Waals surface area contributed by atoms with Crippen molar-refractivity contribution in [3.63, 3.8) is 0 Å². The van der Waals surface area contributed by atoms with Crippen LogP contribution in [-0.4, -0.2) is 48.2 Å². The summed E-state index contributed by atoms with van der Waals surface area (Å²) in [7, 11) is -1.16. The predicted octanol–water partition coefficient (Wildman–Crippen LogP) is 5.08. The maximum Gasteiger partial charge on any atom is 0.264 e. The smallest absolute Gasteiger partial charge is 0.264 e. The van der Waals surface area contributed by atoms with Gasteiger partial charge in [-0.2, -0.15) is 0 Å². The fourth-order valence-corrected chi connectivity index (χ4v) is 6.18. The van der Waals surface area contributed by atoms with Crippen LogP contribution in [-0.2, 0) is 14.8 Å². The molecule has 1 aliphatic heterocycles. The Bertz CT molecular complexity index is 1370. The topological polar surface area (TPSA) is 88.2 Å². The second kappa shape index (κ2) is 12.4. The van der Waals surface area contributed by atoms with Crippen LogP contribution in [0.3, 0.4) is 0 Å². The highest BCUT2D eigenvalue weighted by molar-refractivity contribution is 7.92. The Kier molecular flexibility index (Phi) is 9.01. The van der Waals surface area contributed by atoms with Crippen molar-refractivity contribution < 1.29 is 22.7 Å². The highest BCUT2D eigenvalue weighted by Gasteiger charge is 2.30. The minimum absolute atomic E-state index is 0.0760. The molecule has 1 N–H and O–H groups in total. The predicted molar refractivity (Wildman–Crippen MR) is 154 cm³/mol. The molecule has 1 fully saturated rings. The lowest BCUT2D eigenvalue weighted by molar-refractivity contribution is -0.120. The normalized spacial score (nSPS) is 14.4. The zero-order valence-corrected chi connectivity index (χ0v) is 23.8. The number of carbonyl (C=O) groups is 1. The van der Waals surface area contributed by atoms with Crippen LogP contribution >= 0.6 is 0 Å². The molecule has 0 radical (unpaired) electrons. The van der Waals surface area contributed by atoms with E-state index in [9.17, 15) is 13.2 Å². The summed E-state index contributed by atoms with van der Waals surface area (Å²) in [4.78, 5) is 15.8. The van der Waals surface area contributed by atoms with Gasteiger partial charge in [0, 0.05) is 24.8 Å². The van der Waals surface area contributed by atoms with Crippen LogP contribution in [0.1, 0.15) is 43.4 Å². The largest absolute Gasteiger partial charge is 0.497 e. The number of piperidine rings is 1. The molecule has 1 amide bonds. The molecule has 3 aromatic rings. The lowest BCUT2D eigenvalue weighted by Gasteiger charge is -2.29. The van der Waals surface area contributed by atoms with Crippen LogP contribution in [0.2, 0.25) is 0 Å². The number of benzene rings is 3. The fraction of sp³-hybridized carbons (Fsp3) is 0.367. The van der Waals surface area contributed by atoms with Crippen molar-refractivity contribution in [2.75, 3.05) is 43.1 Å². The van der Waals surface area contributed by atoms with E-state index >= 15 is 0 Å². The van der Waals surface area contributed by atoms with Crippen LogP contribution < -0.4 is 24.0 Å². The second-order valence-corrected chi connectivity index (χ2v) is 11.7. The van der Waals surface area contributed by atoms with Gasteiger partial charge >= 0.3 is 0 Å². The fourth-order valence-electron chi connectivity index (χ4n) is 4.76. The van der Waals surface area contributed by atoms with Gasteiger partial charge in [-0.15, -0.1) is 0 Å². The molecule has 1 aliphatic rings. The third-order valence-electron chi connectivity index (χ3n) is 7.04. The molecule has 1 saturated heterocycles. The zero-order chi connectivity index (χ0) is 28.0. The maximum atomic E-state index is 13.8. The Labute approximate surface area is 231 Å². The minimum atomic E-state index is -4.11. The van der Waals surface area contributed by atoms with E-state index in [0.717, 1.165) is 28.5 Å². The molecule has 1 atom stereocenters. The number of carbonyl (C=O) groups excluding carboxylic acids is 1. The summed E-state index contributed by atoms with van der Waals surface area (Å²) in [6.07, 6.45) is 3.68. The van der Waals surface area contributed by atoms with Crippen molar-refractivity contribution in [3.8, 4) is 11.5 Å². The van der Waals surface area contributed by atoms with E-state index in [0.29, 0.717) is 11.5 Å². The Balaban J connectivity index is 1.58. The van der Waals surface area contributed by atoms with Gasteiger partial charge in [0.05, 0.1) is 30.8 Å². The molecule has 8 nitrogen and oxygen atoms in total. The summed E-state index contributed by atoms with van der Waals surface area (Å²) >= 11 is 0. The van der Waals surface area contributed by atoms with Gasteiger partial charge in [-0.3, -0.25) is 9.10 Å². The van der Waals surface area contributed by atoms with Crippen molar-refractivity contribution >= 4 is 27.3 Å². The summed E-state index contributed by atoms with van der Waals surface area (Å²) in [6.45, 7) is 5.46. The van der Waals surface area contributed by atoms with E-state index in [1.165, 1.54) is 51.3 Å². The average molecular weight is 552 g/mol. The first kappa shape index (κ1) is 28.3. The first-order valence-corrected chi connectivity index (χ1v) is 14.6. The average Bonchev–Trinajstić information content (AvgIpc) is 2.96. The summed E-state index contributed by atoms with van der Waals surface area (Å²) in [6, 6.07) is 19.3. The molecule has 0 bridgehead atoms. The third-order valence-corrected chi connectivity index (χ3v) is 8.82. The van der Waals surface area contributed by atoms with Crippen LogP contribution in [0, 0.1) is 6.92 Å². The van der Waals surface area contributed by atoms with E-state index < -0.39 is 22.5 Å². The number of hydrogen-bond donors (Lipinski definition) is 1. The summed E-state index contributed by atoms with van der Waals surface area (Å²) < 4.78 is 39.6. The Morgan fingerprint density at radius 1 is 0.949 bits per heavy atom. The van der Waals surface area contributed by atoms with Crippen LogP contribution in [0.15, 0.2) is 71.6 Å². The SMILES string of the molecule is COc1ccc(OC)c(N(CC(=O)NC(C)c2ccc(N3CCCCC3)cc2)S(=O)(=O)c2ccc(C)cc2)c1. The van der Waals surface area contributed by atoms with Crippen LogP contribution in [0.4, 0.5) is 11.4 Å². The van der Waals surface area contributed by atoms with Crippen LogP contribution in [0.25, 0.3) is 0 Å². The van der Waals surface area contributed by atoms with Gasteiger partial charge in [-0.05, 0) is 75.1 Å². The highest BCUT2D eigenvalue weighted by Crippen LogP contribution is 2.35. The quantitative estimate of drug-likeness (QED) is 0.378. The number of amides is 1. The standard InChI is InChI=1S/C30H37N3O5S/c1-22-8-15-27(16-9-22)39(35,36)33(28-20-26(37-3)14-17-29(28)38-4)21-30(34)31-23(2)24-10-12-25(13-11-24)32-18-6-5-7-19-32/h8-17,20,23H,5-7,18-19,21H2,1-4H3,(H,31,34). The first-order chi connectivity index (χ1) is 18.7. The molecule has 0 aliphatic carbocycles. The summed E-state index contributed by atoms with van der Waals surface area (Å²) in [5.74, 6) is 0.307. The Hall–Kier alpha value is -3.72. The number of anilines is 2. The molecule has 0 saturated carbocycles. The number of rotatable bonds is 10. The number of aryl methyl sites for hydroxylation is 1. The van der Waals surface area contributed by atoms with Gasteiger partial charge in [0.1, 0.15) is 18.0 Å². The monoisotopic (exact) mass is 551 g/mol. The molecule has 39 heavy (non-hydrogen) atoms. The van der Waals surface area contributed by atoms with Gasteiger partial charge in [-0.1, -0.05) is 29.8 Å². The lowest BCUT2D eigenvalue weighted by Crippen LogP contribution is -2.41. The number of hydrogen-bond acceptors (Lipinski definition) is 6. The summed E-state index contributed by atoms with van der Waals surface area (Å²) in [5.41, 5.74) is 3.26. The molecule has 208 valence electrons. The Morgan fingerprint density at radius 3 is 2.23 bits per heavy atom. The molecule has 0 aromatic heterocycles. The van der Waals surface area contributed by atoms with E-state index in [-0.39, 0.29) is 16.6 Å². The van der Waals surface area contributed by atoms with Gasteiger partial charge in [-0.25, -0.2) is 8.42 Å². The zero-order valence-electron chi connectivity index (χ0n) is 23.0. The number of nitrogens with zero attached hydrogens (tertiary/aromatic N) is 2. The molecule has 3 aromatic carbocycles. The van der Waals surface area contributed by atoms with Crippen molar-refractivity contribution in [3.05, 3.63) is 77.9 Å². The molecular formula is C30H37N3O5S. The van der Waals surface area contributed by atoms with E-state index in [2.05, 4.69) is 22.3 Å². The number of ether oxygens (including phenoxy) is 2. The molecule has 0 spiro atoms. The third kappa shape index (κ3) is 6.65. The van der Waals surface area contributed by atoms with Crippen molar-refractivity contribution in [1.82, 2.24) is 5.32 Å².